The highest BCUT2D eigenvalue weighted by Crippen LogP contribution is 2.37. The molecule has 0 fully saturated rings. The summed E-state index contributed by atoms with van der Waals surface area (Å²) in [4.78, 5) is 21.9. The Hall–Kier alpha value is -4.34. The zero-order valence-corrected chi connectivity index (χ0v) is 18.4. The number of aromatic hydroxyl groups is 1. The van der Waals surface area contributed by atoms with E-state index in [1.807, 2.05) is 30.3 Å². The second-order valence-electron chi connectivity index (χ2n) is 8.27. The van der Waals surface area contributed by atoms with Crippen LogP contribution in [0.15, 0.2) is 48.5 Å². The minimum atomic E-state index is -2.30. The topological polar surface area (TPSA) is 75.1 Å². The van der Waals surface area contributed by atoms with E-state index in [4.69, 9.17) is 0 Å². The fourth-order valence-corrected chi connectivity index (χ4v) is 4.14. The lowest BCUT2D eigenvalue weighted by Gasteiger charge is -2.13. The Morgan fingerprint density at radius 2 is 1.56 bits per heavy atom. The van der Waals surface area contributed by atoms with Gasteiger partial charge in [-0.25, -0.2) is 31.9 Å². The van der Waals surface area contributed by atoms with Crippen LogP contribution in [0, 0.1) is 29.1 Å². The largest absolute Gasteiger partial charge is 0.508 e. The van der Waals surface area contributed by atoms with Gasteiger partial charge in [0.15, 0.2) is 29.1 Å². The van der Waals surface area contributed by atoms with E-state index in [0.29, 0.717) is 23.5 Å². The second-order valence-corrected chi connectivity index (χ2v) is 8.27. The molecule has 1 aliphatic rings. The summed E-state index contributed by atoms with van der Waals surface area (Å²) >= 11 is 0. The first-order valence-corrected chi connectivity index (χ1v) is 10.8. The van der Waals surface area contributed by atoms with Crippen LogP contribution in [0.1, 0.15) is 28.1 Å². The zero-order chi connectivity index (χ0) is 25.6. The van der Waals surface area contributed by atoms with Crippen LogP contribution < -0.4 is 5.32 Å². The molecule has 4 aromatic rings. The summed E-state index contributed by atoms with van der Waals surface area (Å²) in [6.45, 7) is 0. The number of carbonyl (C=O) groups is 1. The van der Waals surface area contributed by atoms with Gasteiger partial charge in [-0.05, 0) is 29.3 Å². The number of hydrogen-bond acceptors (Lipinski definition) is 4. The maximum atomic E-state index is 14.1. The van der Waals surface area contributed by atoms with Crippen LogP contribution in [-0.4, -0.2) is 21.0 Å². The zero-order valence-electron chi connectivity index (χ0n) is 18.4. The monoisotopic (exact) mass is 497 g/mol. The third-order valence-corrected chi connectivity index (χ3v) is 5.85. The average molecular weight is 497 g/mol. The highest BCUT2D eigenvalue weighted by molar-refractivity contribution is 5.92. The van der Waals surface area contributed by atoms with Gasteiger partial charge in [0.1, 0.15) is 5.75 Å². The van der Waals surface area contributed by atoms with Crippen molar-refractivity contribution in [3.8, 4) is 17.0 Å². The van der Waals surface area contributed by atoms with Crippen molar-refractivity contribution in [3.05, 3.63) is 106 Å². The Morgan fingerprint density at radius 1 is 0.889 bits per heavy atom. The smallest absolute Gasteiger partial charge is 0.230 e. The number of hydrogen-bond donors (Lipinski definition) is 2. The van der Waals surface area contributed by atoms with Crippen LogP contribution in [-0.2, 0) is 24.1 Å². The number of rotatable bonds is 5. The summed E-state index contributed by atoms with van der Waals surface area (Å²) in [5, 5.41) is 12.2. The molecule has 1 aliphatic carbocycles. The molecule has 0 atom stereocenters. The minimum absolute atomic E-state index is 0.00324. The van der Waals surface area contributed by atoms with Crippen LogP contribution in [0.5, 0.6) is 5.75 Å². The van der Waals surface area contributed by atoms with E-state index in [2.05, 4.69) is 15.3 Å². The van der Waals surface area contributed by atoms with Crippen LogP contribution in [0.3, 0.4) is 0 Å². The van der Waals surface area contributed by atoms with Crippen LogP contribution >= 0.6 is 0 Å². The number of nitrogens with zero attached hydrogens (tertiary/aromatic N) is 2. The van der Waals surface area contributed by atoms with E-state index < -0.39 is 47.0 Å². The highest BCUT2D eigenvalue weighted by Gasteiger charge is 2.28. The SMILES string of the molecule is O=C(Cc1c(F)c(F)c(F)c(F)c1F)Nc1nc2c(nc1Cc1ccccc1)-c1ccc(O)cc1C2. The molecule has 0 radical (unpaired) electrons. The van der Waals surface area contributed by atoms with E-state index in [9.17, 15) is 31.9 Å². The molecule has 1 heterocycles. The van der Waals surface area contributed by atoms with Gasteiger partial charge in [-0.15, -0.1) is 0 Å². The molecule has 3 aromatic carbocycles. The van der Waals surface area contributed by atoms with Gasteiger partial charge in [-0.1, -0.05) is 30.3 Å². The van der Waals surface area contributed by atoms with Gasteiger partial charge in [0.05, 0.1) is 23.5 Å². The number of benzene rings is 3. The predicted octanol–water partition coefficient (Wildman–Crippen LogP) is 5.22. The summed E-state index contributed by atoms with van der Waals surface area (Å²) in [6, 6.07) is 13.9. The third kappa shape index (κ3) is 4.15. The van der Waals surface area contributed by atoms with Gasteiger partial charge in [-0.2, -0.15) is 0 Å². The number of fused-ring (bicyclic) bond motifs is 3. The van der Waals surface area contributed by atoms with Gasteiger partial charge in [-0.3, -0.25) is 4.79 Å². The molecule has 36 heavy (non-hydrogen) atoms. The van der Waals surface area contributed by atoms with Crippen molar-refractivity contribution in [1.29, 1.82) is 0 Å². The molecule has 182 valence electrons. The van der Waals surface area contributed by atoms with E-state index >= 15 is 0 Å². The van der Waals surface area contributed by atoms with Gasteiger partial charge in [0.2, 0.25) is 11.7 Å². The van der Waals surface area contributed by atoms with Gasteiger partial charge < -0.3 is 10.4 Å². The normalized spacial score (nSPS) is 11.8. The maximum Gasteiger partial charge on any atom is 0.230 e. The molecule has 0 saturated heterocycles. The molecule has 0 unspecified atom stereocenters. The summed E-state index contributed by atoms with van der Waals surface area (Å²) in [5.41, 5.74) is 2.54. The van der Waals surface area contributed by atoms with Crippen molar-refractivity contribution in [1.82, 2.24) is 9.97 Å². The standard InChI is InChI=1S/C26H16F5N3O2/c27-20-16(21(28)23(30)24(31)22(20)29)11-19(36)34-26-18(8-12-4-2-1-3-5-12)32-25-15-7-6-14(35)9-13(15)10-17(25)33-26/h1-7,9,35H,8,10-11H2,(H,33,34,36). The molecule has 2 N–H and O–H groups in total. The fourth-order valence-electron chi connectivity index (χ4n) is 4.14. The van der Waals surface area contributed by atoms with Crippen LogP contribution in [0.4, 0.5) is 27.8 Å². The summed E-state index contributed by atoms with van der Waals surface area (Å²) in [7, 11) is 0. The fraction of sp³-hybridized carbons (Fsp3) is 0.115. The molecule has 0 aliphatic heterocycles. The van der Waals surface area contributed by atoms with Crippen molar-refractivity contribution in [2.75, 3.05) is 5.32 Å². The number of halogens is 5. The molecule has 5 nitrogen and oxygen atoms in total. The van der Waals surface area contributed by atoms with Gasteiger partial charge >= 0.3 is 0 Å². The summed E-state index contributed by atoms with van der Waals surface area (Å²) < 4.78 is 68.6. The van der Waals surface area contributed by atoms with E-state index in [1.54, 1.807) is 12.1 Å². The molecule has 0 bridgehead atoms. The molecule has 1 aromatic heterocycles. The lowest BCUT2D eigenvalue weighted by molar-refractivity contribution is -0.115. The molecule has 1 amide bonds. The number of anilines is 1. The van der Waals surface area contributed by atoms with Crippen LogP contribution in [0.25, 0.3) is 11.3 Å². The molecular formula is C26H16F5N3O2. The summed E-state index contributed by atoms with van der Waals surface area (Å²) in [6.07, 6.45) is -0.547. The molecule has 10 heteroatoms. The van der Waals surface area contributed by atoms with Crippen molar-refractivity contribution in [2.24, 2.45) is 0 Å². The Bertz CT molecular complexity index is 1500. The molecule has 0 spiro atoms. The number of phenolic OH excluding ortho intramolecular Hbond substituents is 1. The first-order chi connectivity index (χ1) is 17.2. The number of nitrogens with one attached hydrogen (secondary N) is 1. The molecule has 5 rings (SSSR count). The predicted molar refractivity (Wildman–Crippen MR) is 120 cm³/mol. The first kappa shape index (κ1) is 23.4. The van der Waals surface area contributed by atoms with Crippen molar-refractivity contribution in [3.63, 3.8) is 0 Å². The van der Waals surface area contributed by atoms with Crippen molar-refractivity contribution in [2.45, 2.75) is 19.3 Å². The van der Waals surface area contributed by atoms with E-state index in [0.717, 1.165) is 16.7 Å². The Morgan fingerprint density at radius 3 is 2.25 bits per heavy atom. The number of phenols is 1. The Balaban J connectivity index is 1.51. The second kappa shape index (κ2) is 9.03. The number of amides is 1. The lowest BCUT2D eigenvalue weighted by Crippen LogP contribution is -2.21. The Kier molecular flexibility index (Phi) is 5.87. The summed E-state index contributed by atoms with van der Waals surface area (Å²) in [5.74, 6) is -11.6. The van der Waals surface area contributed by atoms with Gasteiger partial charge in [0, 0.05) is 24.0 Å². The maximum absolute atomic E-state index is 14.1. The van der Waals surface area contributed by atoms with Gasteiger partial charge in [0.25, 0.3) is 0 Å². The number of carbonyl (C=O) groups excluding carboxylic acids is 1. The first-order valence-electron chi connectivity index (χ1n) is 10.8. The van der Waals surface area contributed by atoms with Crippen molar-refractivity contribution < 1.29 is 31.9 Å². The quantitative estimate of drug-likeness (QED) is 0.198. The third-order valence-electron chi connectivity index (χ3n) is 5.85. The van der Waals surface area contributed by atoms with E-state index in [1.165, 1.54) is 6.07 Å². The Labute approximate surface area is 201 Å². The highest BCUT2D eigenvalue weighted by atomic mass is 19.2. The minimum Gasteiger partial charge on any atom is -0.508 e. The average Bonchev–Trinajstić information content (AvgIpc) is 3.21. The molecular weight excluding hydrogens is 481 g/mol. The van der Waals surface area contributed by atoms with Crippen LogP contribution in [0.2, 0.25) is 0 Å². The lowest BCUT2D eigenvalue weighted by atomic mass is 10.1. The number of aromatic nitrogens is 2. The van der Waals surface area contributed by atoms with Crippen molar-refractivity contribution >= 4 is 11.7 Å². The molecule has 0 saturated carbocycles. The van der Waals surface area contributed by atoms with E-state index in [-0.39, 0.29) is 18.0 Å².